The van der Waals surface area contributed by atoms with Crippen LogP contribution in [0, 0.1) is 5.92 Å². The van der Waals surface area contributed by atoms with Crippen molar-refractivity contribution in [2.75, 3.05) is 26.2 Å². The van der Waals surface area contributed by atoms with Crippen LogP contribution in [0.15, 0.2) is 0 Å². The number of nitrogens with two attached hydrogens (primary N) is 1. The maximum atomic E-state index is 5.77. The molecule has 0 aromatic carbocycles. The van der Waals surface area contributed by atoms with Crippen LogP contribution in [-0.2, 0) is 4.74 Å². The molecule has 1 aliphatic rings. The monoisotopic (exact) mass is 242 g/mol. The number of morpholine rings is 1. The average molecular weight is 242 g/mol. The molecule has 17 heavy (non-hydrogen) atoms. The van der Waals surface area contributed by atoms with E-state index in [4.69, 9.17) is 10.5 Å². The fourth-order valence-corrected chi connectivity index (χ4v) is 2.51. The second-order valence-electron chi connectivity index (χ2n) is 5.67. The summed E-state index contributed by atoms with van der Waals surface area (Å²) in [6, 6.07) is 0.357. The third-order valence-corrected chi connectivity index (χ3v) is 3.60. The van der Waals surface area contributed by atoms with E-state index in [1.807, 2.05) is 0 Å². The molecule has 0 aromatic rings. The molecule has 3 nitrogen and oxygen atoms in total. The Morgan fingerprint density at radius 1 is 1.35 bits per heavy atom. The molecule has 2 N–H and O–H groups in total. The van der Waals surface area contributed by atoms with Gasteiger partial charge in [-0.1, -0.05) is 20.3 Å². The van der Waals surface area contributed by atoms with Gasteiger partial charge in [-0.3, -0.25) is 4.90 Å². The van der Waals surface area contributed by atoms with Gasteiger partial charge in [0.2, 0.25) is 0 Å². The summed E-state index contributed by atoms with van der Waals surface area (Å²) in [5, 5.41) is 0. The first-order valence-electron chi connectivity index (χ1n) is 7.21. The Hall–Kier alpha value is -0.120. The topological polar surface area (TPSA) is 38.5 Å². The maximum Gasteiger partial charge on any atom is 0.0700 e. The summed E-state index contributed by atoms with van der Waals surface area (Å²) >= 11 is 0. The van der Waals surface area contributed by atoms with Crippen molar-refractivity contribution in [1.29, 1.82) is 0 Å². The van der Waals surface area contributed by atoms with Crippen LogP contribution in [0.5, 0.6) is 0 Å². The van der Waals surface area contributed by atoms with E-state index in [0.717, 1.165) is 38.5 Å². The molecule has 0 saturated carbocycles. The Labute approximate surface area is 107 Å². The third-order valence-electron chi connectivity index (χ3n) is 3.60. The molecule has 0 bridgehead atoms. The van der Waals surface area contributed by atoms with Crippen LogP contribution in [0.25, 0.3) is 0 Å². The van der Waals surface area contributed by atoms with Crippen LogP contribution in [0.2, 0.25) is 0 Å². The zero-order chi connectivity index (χ0) is 12.7. The van der Waals surface area contributed by atoms with E-state index in [0.29, 0.717) is 12.1 Å². The molecule has 3 atom stereocenters. The smallest absolute Gasteiger partial charge is 0.0700 e. The van der Waals surface area contributed by atoms with Crippen LogP contribution in [0.4, 0.5) is 0 Å². The summed E-state index contributed by atoms with van der Waals surface area (Å²) in [5.74, 6) is 0.782. The van der Waals surface area contributed by atoms with Gasteiger partial charge < -0.3 is 10.5 Å². The molecular formula is C14H30N2O. The molecule has 1 heterocycles. The fourth-order valence-electron chi connectivity index (χ4n) is 2.51. The molecule has 3 unspecified atom stereocenters. The summed E-state index contributed by atoms with van der Waals surface area (Å²) < 4.78 is 5.69. The average Bonchev–Trinajstić information content (AvgIpc) is 2.28. The standard InChI is InChI=1S/C14H30N2O/c1-4-14-11-16(8-9-17-14)10-12(2)6-5-7-13(3)15/h12-14H,4-11,15H2,1-3H3. The van der Waals surface area contributed by atoms with Crippen LogP contribution in [0.3, 0.4) is 0 Å². The van der Waals surface area contributed by atoms with Gasteiger partial charge in [0.1, 0.15) is 0 Å². The number of hydrogen-bond acceptors (Lipinski definition) is 3. The fraction of sp³-hybridized carbons (Fsp3) is 1.00. The lowest BCUT2D eigenvalue weighted by Gasteiger charge is -2.34. The van der Waals surface area contributed by atoms with Gasteiger partial charge in [0.05, 0.1) is 12.7 Å². The largest absolute Gasteiger partial charge is 0.376 e. The predicted octanol–water partition coefficient (Wildman–Crippen LogP) is 2.25. The van der Waals surface area contributed by atoms with Crippen LogP contribution < -0.4 is 5.73 Å². The molecule has 1 fully saturated rings. The Morgan fingerprint density at radius 2 is 2.12 bits per heavy atom. The van der Waals surface area contributed by atoms with Crippen molar-refractivity contribution in [3.8, 4) is 0 Å². The molecule has 102 valence electrons. The van der Waals surface area contributed by atoms with E-state index < -0.39 is 0 Å². The van der Waals surface area contributed by atoms with E-state index in [-0.39, 0.29) is 0 Å². The number of ether oxygens (including phenoxy) is 1. The predicted molar refractivity (Wildman–Crippen MR) is 73.1 cm³/mol. The van der Waals surface area contributed by atoms with E-state index in [2.05, 4.69) is 25.7 Å². The second-order valence-corrected chi connectivity index (χ2v) is 5.67. The maximum absolute atomic E-state index is 5.77. The number of rotatable bonds is 7. The first-order valence-corrected chi connectivity index (χ1v) is 7.21. The lowest BCUT2D eigenvalue weighted by atomic mass is 10.0. The summed E-state index contributed by atoms with van der Waals surface area (Å²) in [7, 11) is 0. The normalized spacial score (nSPS) is 25.8. The second kappa shape index (κ2) is 8.06. The quantitative estimate of drug-likeness (QED) is 0.744. The lowest BCUT2D eigenvalue weighted by molar-refractivity contribution is -0.0337. The molecule has 1 saturated heterocycles. The van der Waals surface area contributed by atoms with Gasteiger partial charge in [0.25, 0.3) is 0 Å². The zero-order valence-corrected chi connectivity index (χ0v) is 11.8. The number of hydrogen-bond donors (Lipinski definition) is 1. The number of nitrogens with zero attached hydrogens (tertiary/aromatic N) is 1. The summed E-state index contributed by atoms with van der Waals surface area (Å²) in [6.45, 7) is 11.0. The molecule has 1 rings (SSSR count). The Bertz CT molecular complexity index is 197. The van der Waals surface area contributed by atoms with Gasteiger partial charge in [-0.25, -0.2) is 0 Å². The Morgan fingerprint density at radius 3 is 2.76 bits per heavy atom. The van der Waals surface area contributed by atoms with Crippen molar-refractivity contribution < 1.29 is 4.74 Å². The van der Waals surface area contributed by atoms with E-state index in [9.17, 15) is 0 Å². The molecule has 3 heteroatoms. The van der Waals surface area contributed by atoms with E-state index >= 15 is 0 Å². The highest BCUT2D eigenvalue weighted by atomic mass is 16.5. The van der Waals surface area contributed by atoms with Crippen LogP contribution in [0.1, 0.15) is 46.5 Å². The van der Waals surface area contributed by atoms with Crippen molar-refractivity contribution in [3.05, 3.63) is 0 Å². The molecule has 0 aromatic heterocycles. The highest BCUT2D eigenvalue weighted by Gasteiger charge is 2.20. The molecule has 0 spiro atoms. The summed E-state index contributed by atoms with van der Waals surface area (Å²) in [6.07, 6.45) is 5.32. The van der Waals surface area contributed by atoms with Crippen molar-refractivity contribution in [2.45, 2.75) is 58.6 Å². The Kier molecular flexibility index (Phi) is 7.09. The minimum absolute atomic E-state index is 0.357. The summed E-state index contributed by atoms with van der Waals surface area (Å²) in [5.41, 5.74) is 5.77. The van der Waals surface area contributed by atoms with Crippen molar-refractivity contribution in [3.63, 3.8) is 0 Å². The van der Waals surface area contributed by atoms with Crippen molar-refractivity contribution in [1.82, 2.24) is 4.90 Å². The molecule has 0 radical (unpaired) electrons. The lowest BCUT2D eigenvalue weighted by Crippen LogP contribution is -2.43. The van der Waals surface area contributed by atoms with Gasteiger partial charge in [-0.2, -0.15) is 0 Å². The molecular weight excluding hydrogens is 212 g/mol. The molecule has 0 aliphatic carbocycles. The van der Waals surface area contributed by atoms with Gasteiger partial charge in [0.15, 0.2) is 0 Å². The van der Waals surface area contributed by atoms with Gasteiger partial charge in [0, 0.05) is 25.7 Å². The minimum atomic E-state index is 0.357. The van der Waals surface area contributed by atoms with Gasteiger partial charge in [-0.15, -0.1) is 0 Å². The molecule has 0 amide bonds. The highest BCUT2D eigenvalue weighted by molar-refractivity contribution is 4.72. The van der Waals surface area contributed by atoms with Gasteiger partial charge in [-0.05, 0) is 32.1 Å². The third kappa shape index (κ3) is 6.39. The first kappa shape index (κ1) is 14.9. The van der Waals surface area contributed by atoms with Crippen molar-refractivity contribution in [2.24, 2.45) is 11.7 Å². The minimum Gasteiger partial charge on any atom is -0.376 e. The van der Waals surface area contributed by atoms with Crippen LogP contribution >= 0.6 is 0 Å². The molecule has 1 aliphatic heterocycles. The van der Waals surface area contributed by atoms with Crippen molar-refractivity contribution >= 4 is 0 Å². The first-order chi connectivity index (χ1) is 8.11. The van der Waals surface area contributed by atoms with E-state index in [1.54, 1.807) is 0 Å². The van der Waals surface area contributed by atoms with E-state index in [1.165, 1.54) is 19.4 Å². The highest BCUT2D eigenvalue weighted by Crippen LogP contribution is 2.14. The summed E-state index contributed by atoms with van der Waals surface area (Å²) in [4.78, 5) is 2.56. The zero-order valence-electron chi connectivity index (χ0n) is 11.8. The SMILES string of the molecule is CCC1CN(CC(C)CCCC(C)N)CCO1. The Balaban J connectivity index is 2.14. The van der Waals surface area contributed by atoms with Crippen LogP contribution in [-0.4, -0.2) is 43.3 Å². The van der Waals surface area contributed by atoms with Gasteiger partial charge >= 0.3 is 0 Å².